The van der Waals surface area contributed by atoms with E-state index < -0.39 is 0 Å². The van der Waals surface area contributed by atoms with E-state index in [2.05, 4.69) is 185 Å². The van der Waals surface area contributed by atoms with Crippen LogP contribution in [0.1, 0.15) is 11.3 Å². The van der Waals surface area contributed by atoms with Crippen molar-refractivity contribution >= 4 is 27.8 Å². The van der Waals surface area contributed by atoms with Crippen LogP contribution in [0, 0.1) is 0 Å². The van der Waals surface area contributed by atoms with Gasteiger partial charge in [-0.05, 0) is 86.5 Å². The Morgan fingerprint density at radius 2 is 0.898 bits per heavy atom. The zero-order chi connectivity index (χ0) is 38.9. The van der Waals surface area contributed by atoms with Crippen LogP contribution in [0.3, 0.4) is 0 Å². The molecule has 0 saturated heterocycles. The van der Waals surface area contributed by atoms with Crippen LogP contribution in [0.25, 0.3) is 101 Å². The molecule has 0 amide bonds. The topological polar surface area (TPSA) is 48.0 Å². The van der Waals surface area contributed by atoms with E-state index in [1.165, 1.54) is 44.5 Å². The summed E-state index contributed by atoms with van der Waals surface area (Å²) in [6, 6.07) is 71.2. The van der Waals surface area contributed by atoms with Crippen molar-refractivity contribution in [1.29, 1.82) is 0 Å². The molecule has 12 rings (SSSR count). The van der Waals surface area contributed by atoms with Gasteiger partial charge in [0, 0.05) is 28.9 Å². The molecule has 0 bridgehead atoms. The van der Waals surface area contributed by atoms with E-state index in [0.29, 0.717) is 12.2 Å². The first-order valence-electron chi connectivity index (χ1n) is 20.1. The lowest BCUT2D eigenvalue weighted by Gasteiger charge is -2.23. The Morgan fingerprint density at radius 1 is 0.373 bits per heavy atom. The van der Waals surface area contributed by atoms with Crippen LogP contribution in [0.15, 0.2) is 200 Å². The highest BCUT2D eigenvalue weighted by atomic mass is 15.2. The minimum Gasteiger partial charge on any atom is -0.278 e. The summed E-state index contributed by atoms with van der Waals surface area (Å²) < 4.78 is 4.64. The Labute approximate surface area is 341 Å². The van der Waals surface area contributed by atoms with Crippen LogP contribution in [0.2, 0.25) is 0 Å². The molecule has 0 spiro atoms. The Bertz CT molecular complexity index is 3350. The van der Waals surface area contributed by atoms with Crippen molar-refractivity contribution in [1.82, 2.24) is 23.9 Å². The van der Waals surface area contributed by atoms with Crippen molar-refractivity contribution < 1.29 is 0 Å². The highest BCUT2D eigenvalue weighted by molar-refractivity contribution is 6.04. The lowest BCUT2D eigenvalue weighted by molar-refractivity contribution is 1.04. The van der Waals surface area contributed by atoms with Gasteiger partial charge in [0.1, 0.15) is 0 Å². The molecule has 0 radical (unpaired) electrons. The lowest BCUT2D eigenvalue weighted by atomic mass is 9.81. The van der Waals surface area contributed by atoms with E-state index in [-0.39, 0.29) is 0 Å². The second-order valence-electron chi connectivity index (χ2n) is 15.2. The van der Waals surface area contributed by atoms with E-state index in [0.717, 1.165) is 61.6 Å². The molecule has 1 aliphatic carbocycles. The minimum absolute atomic E-state index is 0.605. The van der Waals surface area contributed by atoms with Crippen molar-refractivity contribution in [2.45, 2.75) is 6.42 Å². The Morgan fingerprint density at radius 3 is 1.54 bits per heavy atom. The number of para-hydroxylation sites is 3. The zero-order valence-electron chi connectivity index (χ0n) is 32.0. The van der Waals surface area contributed by atoms with Gasteiger partial charge in [0.15, 0.2) is 5.82 Å². The smallest absolute Gasteiger partial charge is 0.220 e. The van der Waals surface area contributed by atoms with Gasteiger partial charge in [-0.15, -0.1) is 0 Å². The molecular weight excluding hydrogens is 719 g/mol. The third-order valence-electron chi connectivity index (χ3n) is 11.8. The maximum absolute atomic E-state index is 5.52. The summed E-state index contributed by atoms with van der Waals surface area (Å²) >= 11 is 0. The van der Waals surface area contributed by atoms with Gasteiger partial charge in [0.25, 0.3) is 0 Å². The summed E-state index contributed by atoms with van der Waals surface area (Å²) in [5, 5.41) is 0. The van der Waals surface area contributed by atoms with E-state index in [4.69, 9.17) is 15.0 Å². The molecule has 0 unspecified atom stereocenters. The number of hydrogen-bond donors (Lipinski definition) is 0. The summed E-state index contributed by atoms with van der Waals surface area (Å²) in [4.78, 5) is 15.7. The van der Waals surface area contributed by atoms with E-state index in [1.54, 1.807) is 0 Å². The molecule has 5 heteroatoms. The van der Waals surface area contributed by atoms with Gasteiger partial charge >= 0.3 is 0 Å². The number of fused-ring (bicyclic) bond motifs is 13. The molecule has 0 N–H and O–H groups in total. The number of hydrogen-bond acceptors (Lipinski definition) is 3. The Balaban J connectivity index is 1.05. The molecule has 8 aromatic carbocycles. The fourth-order valence-corrected chi connectivity index (χ4v) is 9.12. The second-order valence-corrected chi connectivity index (χ2v) is 15.2. The molecule has 0 saturated carbocycles. The van der Waals surface area contributed by atoms with Crippen LogP contribution >= 0.6 is 0 Å². The summed E-state index contributed by atoms with van der Waals surface area (Å²) in [5.41, 5.74) is 20.1. The molecule has 5 nitrogen and oxygen atoms in total. The van der Waals surface area contributed by atoms with Crippen LogP contribution in [0.4, 0.5) is 0 Å². The maximum atomic E-state index is 5.52. The van der Waals surface area contributed by atoms with E-state index in [9.17, 15) is 0 Å². The monoisotopic (exact) mass is 753 g/mol. The second kappa shape index (κ2) is 13.4. The third kappa shape index (κ3) is 5.36. The highest BCUT2D eigenvalue weighted by Crippen LogP contribution is 2.48. The first-order valence-corrected chi connectivity index (χ1v) is 20.1. The van der Waals surface area contributed by atoms with Gasteiger partial charge < -0.3 is 0 Å². The summed E-state index contributed by atoms with van der Waals surface area (Å²) in [7, 11) is 0. The van der Waals surface area contributed by atoms with Crippen molar-refractivity contribution in [3.63, 3.8) is 0 Å². The van der Waals surface area contributed by atoms with Gasteiger partial charge in [-0.25, -0.2) is 15.0 Å². The van der Waals surface area contributed by atoms with Gasteiger partial charge in [0.2, 0.25) is 5.78 Å². The van der Waals surface area contributed by atoms with Crippen molar-refractivity contribution in [2.24, 2.45) is 0 Å². The van der Waals surface area contributed by atoms with Gasteiger partial charge in [-0.2, -0.15) is 0 Å². The van der Waals surface area contributed by atoms with Gasteiger partial charge in [-0.1, -0.05) is 164 Å². The number of nitrogens with zero attached hydrogens (tertiary/aromatic N) is 5. The number of aromatic nitrogens is 5. The largest absolute Gasteiger partial charge is 0.278 e. The fourth-order valence-electron chi connectivity index (χ4n) is 9.12. The standard InChI is InChI=1S/C54H35N5/c1-3-16-35(17-4-1)48-33-38(55-53(56-48)36-18-5-2-6-19-36)32-37-20-15-29-51-52(37)57-54-58(49-27-13-14-28-50(49)59(51)54)39-30-31-46-44-25-10-9-23-42(44)40-21-7-8-22-41(40)43-24-11-12-26-45(43)47(46)34-39/h1-31,33-34H,32H2. The molecular formula is C54H35N5. The molecule has 3 heterocycles. The average Bonchev–Trinajstić information content (AvgIpc) is 3.84. The van der Waals surface area contributed by atoms with Crippen molar-refractivity contribution in [3.8, 4) is 72.8 Å². The van der Waals surface area contributed by atoms with Crippen LogP contribution in [0.5, 0.6) is 0 Å². The summed E-state index contributed by atoms with van der Waals surface area (Å²) in [5.74, 6) is 1.59. The van der Waals surface area contributed by atoms with E-state index >= 15 is 0 Å². The SMILES string of the molecule is c1ccc(-c2cc(Cc3cccc4c3nc3n(-c5ccc6c(c5)-c5ccccc5-c5ccccc5-c5ccccc5-6)c5ccccc5n43)nc(-c3ccccc3)n2)cc1. The molecule has 11 aromatic rings. The zero-order valence-corrected chi connectivity index (χ0v) is 32.0. The maximum Gasteiger partial charge on any atom is 0.220 e. The molecule has 3 aromatic heterocycles. The normalized spacial score (nSPS) is 11.8. The Kier molecular flexibility index (Phi) is 7.53. The quantitative estimate of drug-likeness (QED) is 0.176. The first kappa shape index (κ1) is 33.3. The molecule has 276 valence electrons. The van der Waals surface area contributed by atoms with Gasteiger partial charge in [0.05, 0.1) is 27.8 Å². The predicted molar refractivity (Wildman–Crippen MR) is 241 cm³/mol. The summed E-state index contributed by atoms with van der Waals surface area (Å²) in [6.45, 7) is 0. The number of benzene rings is 8. The minimum atomic E-state index is 0.605. The van der Waals surface area contributed by atoms with E-state index in [1.807, 2.05) is 24.3 Å². The van der Waals surface area contributed by atoms with Crippen LogP contribution < -0.4 is 0 Å². The first-order chi connectivity index (χ1) is 29.3. The molecule has 1 aliphatic rings. The van der Waals surface area contributed by atoms with Crippen molar-refractivity contribution in [3.05, 3.63) is 211 Å². The molecule has 0 atom stereocenters. The van der Waals surface area contributed by atoms with Gasteiger partial charge in [-0.3, -0.25) is 8.97 Å². The predicted octanol–water partition coefficient (Wildman–Crippen LogP) is 13.1. The molecule has 59 heavy (non-hydrogen) atoms. The van der Waals surface area contributed by atoms with Crippen molar-refractivity contribution in [2.75, 3.05) is 0 Å². The fraction of sp³-hybridized carbons (Fsp3) is 0.0185. The Hall–Kier alpha value is -7.89. The number of rotatable bonds is 5. The average molecular weight is 754 g/mol. The molecule has 0 fully saturated rings. The summed E-state index contributed by atoms with van der Waals surface area (Å²) in [6.07, 6.45) is 0.605. The van der Waals surface area contributed by atoms with Crippen LogP contribution in [-0.2, 0) is 6.42 Å². The number of imidazole rings is 2. The molecule has 0 aliphatic heterocycles. The third-order valence-corrected chi connectivity index (χ3v) is 11.8. The highest BCUT2D eigenvalue weighted by Gasteiger charge is 2.24. The lowest BCUT2D eigenvalue weighted by Crippen LogP contribution is -2.01. The van der Waals surface area contributed by atoms with Crippen LogP contribution in [-0.4, -0.2) is 23.9 Å².